The molecular weight excluding hydrogens is 378 g/mol. The molecule has 0 bridgehead atoms. The van der Waals surface area contributed by atoms with E-state index >= 15 is 0 Å². The van der Waals surface area contributed by atoms with Gasteiger partial charge in [-0.2, -0.15) is 4.98 Å². The molecule has 158 valence electrons. The van der Waals surface area contributed by atoms with E-state index in [1.165, 1.54) is 0 Å². The number of hydrogen-bond donors (Lipinski definition) is 3. The minimum atomic E-state index is 0.00270. The first-order valence-electron chi connectivity index (χ1n) is 10.3. The first-order chi connectivity index (χ1) is 14.7. The van der Waals surface area contributed by atoms with Gasteiger partial charge in [0.2, 0.25) is 0 Å². The minimum Gasteiger partial charge on any atom is -0.396 e. The van der Waals surface area contributed by atoms with Gasteiger partial charge in [0.25, 0.3) is 5.89 Å². The van der Waals surface area contributed by atoms with E-state index in [0.29, 0.717) is 24.9 Å². The van der Waals surface area contributed by atoms with Gasteiger partial charge in [-0.15, -0.1) is 0 Å². The van der Waals surface area contributed by atoms with E-state index in [9.17, 15) is 5.11 Å². The molecule has 7 nitrogen and oxygen atoms in total. The Bertz CT molecular complexity index is 940. The highest BCUT2D eigenvalue weighted by Gasteiger charge is 2.12. The van der Waals surface area contributed by atoms with Crippen molar-refractivity contribution in [3.8, 4) is 11.5 Å². The van der Waals surface area contributed by atoms with Gasteiger partial charge < -0.3 is 20.3 Å². The molecule has 0 saturated heterocycles. The van der Waals surface area contributed by atoms with Crippen LogP contribution in [0.2, 0.25) is 0 Å². The lowest BCUT2D eigenvalue weighted by molar-refractivity contribution is 0.265. The van der Waals surface area contributed by atoms with Crippen LogP contribution < -0.4 is 10.6 Å². The zero-order chi connectivity index (χ0) is 21.2. The number of nitrogens with zero attached hydrogens (tertiary/aromatic N) is 3. The van der Waals surface area contributed by atoms with E-state index < -0.39 is 0 Å². The Labute approximate surface area is 177 Å². The second-order valence-electron chi connectivity index (χ2n) is 7.06. The van der Waals surface area contributed by atoms with Crippen molar-refractivity contribution in [2.45, 2.75) is 32.2 Å². The van der Waals surface area contributed by atoms with Gasteiger partial charge >= 0.3 is 0 Å². The molecule has 0 saturated carbocycles. The Hall–Kier alpha value is -3.19. The Morgan fingerprint density at radius 1 is 1.13 bits per heavy atom. The fourth-order valence-electron chi connectivity index (χ4n) is 3.15. The SMILES string of the molecule is CCCc1noc(-c2cccc(CNC(=NC)NCC(CO)c3ccccc3)c2)n1. The summed E-state index contributed by atoms with van der Waals surface area (Å²) in [4.78, 5) is 8.73. The molecule has 0 aliphatic carbocycles. The standard InChI is InChI=1S/C23H29N5O2/c1-3-8-21-27-22(30-28-21)19-12-7-9-17(13-19)14-25-23(24-2)26-15-20(16-29)18-10-5-4-6-11-18/h4-7,9-13,20,29H,3,8,14-16H2,1-2H3,(H2,24,25,26). The first-order valence-corrected chi connectivity index (χ1v) is 10.3. The van der Waals surface area contributed by atoms with E-state index in [-0.39, 0.29) is 12.5 Å². The zero-order valence-electron chi connectivity index (χ0n) is 17.5. The van der Waals surface area contributed by atoms with Crippen molar-refractivity contribution in [1.29, 1.82) is 0 Å². The smallest absolute Gasteiger partial charge is 0.257 e. The van der Waals surface area contributed by atoms with Crippen LogP contribution in [0.5, 0.6) is 0 Å². The van der Waals surface area contributed by atoms with Crippen LogP contribution in [-0.2, 0) is 13.0 Å². The highest BCUT2D eigenvalue weighted by Crippen LogP contribution is 2.19. The summed E-state index contributed by atoms with van der Waals surface area (Å²) < 4.78 is 5.38. The lowest BCUT2D eigenvalue weighted by Gasteiger charge is -2.18. The average molecular weight is 408 g/mol. The summed E-state index contributed by atoms with van der Waals surface area (Å²) in [7, 11) is 1.73. The maximum atomic E-state index is 9.73. The van der Waals surface area contributed by atoms with Crippen LogP contribution in [-0.4, -0.2) is 41.4 Å². The predicted octanol–water partition coefficient (Wildman–Crippen LogP) is 3.13. The fourth-order valence-corrected chi connectivity index (χ4v) is 3.15. The molecule has 0 radical (unpaired) electrons. The molecule has 3 rings (SSSR count). The quantitative estimate of drug-likeness (QED) is 0.373. The molecule has 3 N–H and O–H groups in total. The van der Waals surface area contributed by atoms with Gasteiger partial charge in [-0.1, -0.05) is 54.5 Å². The molecule has 7 heteroatoms. The Kier molecular flexibility index (Phi) is 7.97. The number of aliphatic hydroxyl groups excluding tert-OH is 1. The molecule has 2 aromatic carbocycles. The van der Waals surface area contributed by atoms with Crippen molar-refractivity contribution >= 4 is 5.96 Å². The number of aliphatic imine (C=N–C) groups is 1. The molecule has 1 heterocycles. The van der Waals surface area contributed by atoms with Crippen LogP contribution in [0, 0.1) is 0 Å². The number of guanidine groups is 1. The molecular formula is C23H29N5O2. The number of nitrogens with one attached hydrogen (secondary N) is 2. The van der Waals surface area contributed by atoms with E-state index in [0.717, 1.165) is 35.4 Å². The number of aromatic nitrogens is 2. The average Bonchev–Trinajstić information content (AvgIpc) is 3.26. The van der Waals surface area contributed by atoms with Crippen LogP contribution in [0.1, 0.15) is 36.2 Å². The third-order valence-corrected chi connectivity index (χ3v) is 4.81. The van der Waals surface area contributed by atoms with Crippen molar-refractivity contribution in [3.63, 3.8) is 0 Å². The monoisotopic (exact) mass is 407 g/mol. The van der Waals surface area contributed by atoms with Gasteiger partial charge in [-0.25, -0.2) is 0 Å². The Balaban J connectivity index is 1.57. The van der Waals surface area contributed by atoms with Crippen molar-refractivity contribution < 1.29 is 9.63 Å². The van der Waals surface area contributed by atoms with Gasteiger partial charge in [-0.3, -0.25) is 4.99 Å². The molecule has 0 aliphatic heterocycles. The first kappa shape index (κ1) is 21.5. The number of benzene rings is 2. The van der Waals surface area contributed by atoms with E-state index in [4.69, 9.17) is 4.52 Å². The molecule has 0 fully saturated rings. The maximum Gasteiger partial charge on any atom is 0.257 e. The van der Waals surface area contributed by atoms with Gasteiger partial charge in [0.05, 0.1) is 6.61 Å². The molecule has 30 heavy (non-hydrogen) atoms. The van der Waals surface area contributed by atoms with E-state index in [2.05, 4.69) is 32.7 Å². The van der Waals surface area contributed by atoms with Crippen LogP contribution in [0.15, 0.2) is 64.1 Å². The second kappa shape index (κ2) is 11.1. The van der Waals surface area contributed by atoms with Crippen molar-refractivity contribution in [1.82, 2.24) is 20.8 Å². The summed E-state index contributed by atoms with van der Waals surface area (Å²) in [5.74, 6) is 1.95. The molecule has 0 aliphatic rings. The summed E-state index contributed by atoms with van der Waals surface area (Å²) in [6.07, 6.45) is 1.79. The van der Waals surface area contributed by atoms with E-state index in [1.54, 1.807) is 7.05 Å². The zero-order valence-corrected chi connectivity index (χ0v) is 17.5. The number of aliphatic hydroxyl groups is 1. The van der Waals surface area contributed by atoms with Crippen LogP contribution >= 0.6 is 0 Å². The Morgan fingerprint density at radius 2 is 1.97 bits per heavy atom. The van der Waals surface area contributed by atoms with Gasteiger partial charge in [0.15, 0.2) is 11.8 Å². The summed E-state index contributed by atoms with van der Waals surface area (Å²) in [5, 5.41) is 20.4. The second-order valence-corrected chi connectivity index (χ2v) is 7.06. The van der Waals surface area contributed by atoms with Gasteiger partial charge in [0.1, 0.15) is 0 Å². The molecule has 0 amide bonds. The molecule has 0 spiro atoms. The summed E-state index contributed by atoms with van der Waals surface area (Å²) in [5.41, 5.74) is 3.07. The van der Waals surface area contributed by atoms with Crippen LogP contribution in [0.25, 0.3) is 11.5 Å². The summed E-state index contributed by atoms with van der Waals surface area (Å²) in [6, 6.07) is 18.0. The van der Waals surface area contributed by atoms with Crippen molar-refractivity contribution in [3.05, 3.63) is 71.5 Å². The maximum absolute atomic E-state index is 9.73. The molecule has 1 aromatic heterocycles. The van der Waals surface area contributed by atoms with E-state index in [1.807, 2.05) is 54.6 Å². The van der Waals surface area contributed by atoms with Crippen molar-refractivity contribution in [2.75, 3.05) is 20.2 Å². The van der Waals surface area contributed by atoms with Crippen molar-refractivity contribution in [2.24, 2.45) is 4.99 Å². The van der Waals surface area contributed by atoms with Crippen LogP contribution in [0.3, 0.4) is 0 Å². The van der Waals surface area contributed by atoms with Gasteiger partial charge in [-0.05, 0) is 29.7 Å². The molecule has 1 atom stereocenters. The number of hydrogen-bond acceptors (Lipinski definition) is 5. The number of aryl methyl sites for hydroxylation is 1. The summed E-state index contributed by atoms with van der Waals surface area (Å²) >= 11 is 0. The highest BCUT2D eigenvalue weighted by atomic mass is 16.5. The highest BCUT2D eigenvalue weighted by molar-refractivity contribution is 5.79. The molecule has 1 unspecified atom stereocenters. The fraction of sp³-hybridized carbons (Fsp3) is 0.348. The normalized spacial score (nSPS) is 12.6. The largest absolute Gasteiger partial charge is 0.396 e. The Morgan fingerprint density at radius 3 is 2.70 bits per heavy atom. The lowest BCUT2D eigenvalue weighted by Crippen LogP contribution is -2.39. The molecule has 3 aromatic rings. The third-order valence-electron chi connectivity index (χ3n) is 4.81. The minimum absolute atomic E-state index is 0.00270. The van der Waals surface area contributed by atoms with Gasteiger partial charge in [0, 0.05) is 38.0 Å². The lowest BCUT2D eigenvalue weighted by atomic mass is 10.0. The summed E-state index contributed by atoms with van der Waals surface area (Å²) in [6.45, 7) is 3.34. The third kappa shape index (κ3) is 5.90. The van der Waals surface area contributed by atoms with Crippen LogP contribution in [0.4, 0.5) is 0 Å². The number of rotatable bonds is 9. The predicted molar refractivity (Wildman–Crippen MR) is 118 cm³/mol. The topological polar surface area (TPSA) is 95.6 Å².